The fourth-order valence-corrected chi connectivity index (χ4v) is 1.28. The van der Waals surface area contributed by atoms with Gasteiger partial charge in [-0.25, -0.2) is 14.4 Å². The average molecular weight is 234 g/mol. The van der Waals surface area contributed by atoms with Crippen LogP contribution in [0.1, 0.15) is 13.8 Å². The number of carbonyl (C=O) groups is 1. The van der Waals surface area contributed by atoms with Crippen molar-refractivity contribution in [3.8, 4) is 11.5 Å². The Balaban J connectivity index is 2.49. The summed E-state index contributed by atoms with van der Waals surface area (Å²) in [5.41, 5.74) is -0.853. The number of aldehydes is 1. The molecular formula is C11H11FN4O. The number of carbonyl (C=O) groups excluding carboxylic acids is 1. The average Bonchev–Trinajstić information content (AvgIpc) is 2.73. The highest BCUT2D eigenvalue weighted by Crippen LogP contribution is 2.20. The Morgan fingerprint density at radius 1 is 1.35 bits per heavy atom. The number of hydrogen-bond acceptors (Lipinski definition) is 4. The first-order valence-electron chi connectivity index (χ1n) is 5.04. The van der Waals surface area contributed by atoms with Crippen molar-refractivity contribution >= 4 is 6.29 Å². The third-order valence-electron chi connectivity index (χ3n) is 2.33. The Bertz CT molecular complexity index is 536. The monoisotopic (exact) mass is 234 g/mol. The Hall–Kier alpha value is -2.11. The van der Waals surface area contributed by atoms with E-state index < -0.39 is 11.4 Å². The summed E-state index contributed by atoms with van der Waals surface area (Å²) in [6, 6.07) is 1.63. The molecule has 2 aromatic heterocycles. The minimum absolute atomic E-state index is 0.0422. The van der Waals surface area contributed by atoms with Crippen molar-refractivity contribution in [2.75, 3.05) is 0 Å². The summed E-state index contributed by atoms with van der Waals surface area (Å²) in [5.74, 6) is -0.350. The molecule has 0 saturated carbocycles. The summed E-state index contributed by atoms with van der Waals surface area (Å²) in [4.78, 5) is 18.7. The molecule has 2 rings (SSSR count). The standard InChI is InChI=1S/C11H11FN4O/c1-11(2,7-17)16-6-8(12)9(15-16)10-13-4-3-5-14-10/h3-7H,1-2H3. The third kappa shape index (κ3) is 2.06. The van der Waals surface area contributed by atoms with Gasteiger partial charge in [0.25, 0.3) is 0 Å². The Kier molecular flexibility index (Phi) is 2.71. The number of rotatable bonds is 3. The third-order valence-corrected chi connectivity index (χ3v) is 2.33. The lowest BCUT2D eigenvalue weighted by atomic mass is 10.1. The van der Waals surface area contributed by atoms with E-state index in [2.05, 4.69) is 15.1 Å². The van der Waals surface area contributed by atoms with E-state index >= 15 is 0 Å². The zero-order chi connectivity index (χ0) is 12.5. The number of nitrogens with zero attached hydrogens (tertiary/aromatic N) is 4. The number of aromatic nitrogens is 4. The van der Waals surface area contributed by atoms with Crippen molar-refractivity contribution in [2.24, 2.45) is 0 Å². The number of hydrogen-bond donors (Lipinski definition) is 0. The van der Waals surface area contributed by atoms with E-state index in [0.717, 1.165) is 0 Å². The van der Waals surface area contributed by atoms with Crippen LogP contribution in [-0.4, -0.2) is 26.0 Å². The molecule has 0 radical (unpaired) electrons. The van der Waals surface area contributed by atoms with Crippen LogP contribution in [0.15, 0.2) is 24.7 Å². The van der Waals surface area contributed by atoms with Crippen molar-refractivity contribution < 1.29 is 9.18 Å². The molecule has 0 unspecified atom stereocenters. The van der Waals surface area contributed by atoms with E-state index in [9.17, 15) is 9.18 Å². The summed E-state index contributed by atoms with van der Waals surface area (Å²) in [5, 5.41) is 4.01. The second kappa shape index (κ2) is 4.04. The molecule has 0 fully saturated rings. The molecule has 5 nitrogen and oxygen atoms in total. The lowest BCUT2D eigenvalue weighted by molar-refractivity contribution is -0.114. The molecule has 0 bridgehead atoms. The van der Waals surface area contributed by atoms with E-state index in [0.29, 0.717) is 6.29 Å². The van der Waals surface area contributed by atoms with Crippen LogP contribution in [0.3, 0.4) is 0 Å². The Morgan fingerprint density at radius 2 is 2.00 bits per heavy atom. The van der Waals surface area contributed by atoms with Gasteiger partial charge in [-0.3, -0.25) is 4.68 Å². The second-order valence-electron chi connectivity index (χ2n) is 4.11. The van der Waals surface area contributed by atoms with Gasteiger partial charge in [-0.1, -0.05) is 0 Å². The highest BCUT2D eigenvalue weighted by atomic mass is 19.1. The van der Waals surface area contributed by atoms with Crippen molar-refractivity contribution in [2.45, 2.75) is 19.4 Å². The highest BCUT2D eigenvalue weighted by Gasteiger charge is 2.23. The molecule has 2 aromatic rings. The van der Waals surface area contributed by atoms with Crippen molar-refractivity contribution in [1.82, 2.24) is 19.7 Å². The van der Waals surface area contributed by atoms with Crippen molar-refractivity contribution in [3.63, 3.8) is 0 Å². The molecule has 0 atom stereocenters. The summed E-state index contributed by atoms with van der Waals surface area (Å²) in [7, 11) is 0. The van der Waals surface area contributed by atoms with Gasteiger partial charge in [-0.05, 0) is 19.9 Å². The van der Waals surface area contributed by atoms with Crippen LogP contribution in [0.2, 0.25) is 0 Å². The molecule has 0 saturated heterocycles. The fraction of sp³-hybridized carbons (Fsp3) is 0.273. The highest BCUT2D eigenvalue weighted by molar-refractivity contribution is 5.60. The molecule has 0 amide bonds. The van der Waals surface area contributed by atoms with Crippen LogP contribution < -0.4 is 0 Å². The molecule has 0 aliphatic heterocycles. The molecule has 0 aromatic carbocycles. The molecule has 0 spiro atoms. The van der Waals surface area contributed by atoms with Crippen LogP contribution in [-0.2, 0) is 10.3 Å². The summed E-state index contributed by atoms with van der Waals surface area (Å²) < 4.78 is 14.9. The van der Waals surface area contributed by atoms with Crippen LogP contribution >= 0.6 is 0 Å². The van der Waals surface area contributed by atoms with E-state index in [4.69, 9.17) is 0 Å². The predicted molar refractivity (Wildman–Crippen MR) is 58.6 cm³/mol. The molecule has 0 aliphatic carbocycles. The molecule has 6 heteroatoms. The van der Waals surface area contributed by atoms with Gasteiger partial charge >= 0.3 is 0 Å². The van der Waals surface area contributed by atoms with Gasteiger partial charge in [0, 0.05) is 12.4 Å². The Morgan fingerprint density at radius 3 is 2.59 bits per heavy atom. The SMILES string of the molecule is CC(C)(C=O)n1cc(F)c(-c2ncccn2)n1. The predicted octanol–water partition coefficient (Wildman–Crippen LogP) is 1.41. The molecular weight excluding hydrogens is 223 g/mol. The van der Waals surface area contributed by atoms with Gasteiger partial charge in [0.05, 0.1) is 6.20 Å². The number of halogens is 1. The van der Waals surface area contributed by atoms with Crippen LogP contribution in [0.4, 0.5) is 4.39 Å². The first-order valence-corrected chi connectivity index (χ1v) is 5.04. The quantitative estimate of drug-likeness (QED) is 0.753. The van der Waals surface area contributed by atoms with Crippen LogP contribution in [0.25, 0.3) is 11.5 Å². The smallest absolute Gasteiger partial charge is 0.183 e. The van der Waals surface area contributed by atoms with Gasteiger partial charge in [-0.2, -0.15) is 5.10 Å². The van der Waals surface area contributed by atoms with E-state index in [1.807, 2.05) is 0 Å². The van der Waals surface area contributed by atoms with Crippen molar-refractivity contribution in [3.05, 3.63) is 30.5 Å². The second-order valence-corrected chi connectivity index (χ2v) is 4.11. The van der Waals surface area contributed by atoms with E-state index in [1.54, 1.807) is 19.9 Å². The fourth-order valence-electron chi connectivity index (χ4n) is 1.28. The first-order chi connectivity index (χ1) is 8.04. The molecule has 88 valence electrons. The summed E-state index contributed by atoms with van der Waals surface area (Å²) >= 11 is 0. The zero-order valence-corrected chi connectivity index (χ0v) is 9.46. The maximum absolute atomic E-state index is 13.7. The van der Waals surface area contributed by atoms with Gasteiger partial charge in [0.2, 0.25) is 0 Å². The lowest BCUT2D eigenvalue weighted by Gasteiger charge is -2.16. The minimum atomic E-state index is -0.895. The van der Waals surface area contributed by atoms with Gasteiger partial charge in [-0.15, -0.1) is 0 Å². The maximum atomic E-state index is 13.7. The molecule has 0 aliphatic rings. The minimum Gasteiger partial charge on any atom is -0.301 e. The topological polar surface area (TPSA) is 60.7 Å². The van der Waals surface area contributed by atoms with Gasteiger partial charge in [0.15, 0.2) is 17.3 Å². The maximum Gasteiger partial charge on any atom is 0.183 e. The van der Waals surface area contributed by atoms with Crippen LogP contribution in [0.5, 0.6) is 0 Å². The van der Waals surface area contributed by atoms with E-state index in [-0.39, 0.29) is 11.5 Å². The Labute approximate surface area is 97.3 Å². The molecule has 0 N–H and O–H groups in total. The van der Waals surface area contributed by atoms with Gasteiger partial charge in [0.1, 0.15) is 11.8 Å². The first kappa shape index (κ1) is 11.4. The van der Waals surface area contributed by atoms with Gasteiger partial charge < -0.3 is 4.79 Å². The molecule has 2 heterocycles. The summed E-state index contributed by atoms with van der Waals surface area (Å²) in [6.07, 6.45) is 4.88. The van der Waals surface area contributed by atoms with Crippen molar-refractivity contribution in [1.29, 1.82) is 0 Å². The van der Waals surface area contributed by atoms with Crippen LogP contribution in [0, 0.1) is 5.82 Å². The summed E-state index contributed by atoms with van der Waals surface area (Å²) in [6.45, 7) is 3.28. The lowest BCUT2D eigenvalue weighted by Crippen LogP contribution is -2.28. The zero-order valence-electron chi connectivity index (χ0n) is 9.46. The largest absolute Gasteiger partial charge is 0.301 e. The normalized spacial score (nSPS) is 11.5. The molecule has 17 heavy (non-hydrogen) atoms. The van der Waals surface area contributed by atoms with E-state index in [1.165, 1.54) is 23.3 Å².